The third kappa shape index (κ3) is 3.09. The lowest BCUT2D eigenvalue weighted by molar-refractivity contribution is 0.101. The molecular weight excluding hydrogens is 368 g/mol. The van der Waals surface area contributed by atoms with Gasteiger partial charge in [-0.2, -0.15) is 0 Å². The van der Waals surface area contributed by atoms with Gasteiger partial charge in [-0.1, -0.05) is 49.4 Å². The van der Waals surface area contributed by atoms with Gasteiger partial charge in [-0.15, -0.1) is 0 Å². The molecule has 2 aromatic carbocycles. The van der Waals surface area contributed by atoms with Crippen molar-refractivity contribution in [2.45, 2.75) is 53.9 Å². The predicted octanol–water partition coefficient (Wildman–Crippen LogP) is 6.67. The highest BCUT2D eigenvalue weighted by Crippen LogP contribution is 2.40. The van der Waals surface area contributed by atoms with Crippen LogP contribution in [0.5, 0.6) is 0 Å². The number of benzene rings is 2. The van der Waals surface area contributed by atoms with Crippen molar-refractivity contribution in [1.29, 1.82) is 0 Å². The van der Waals surface area contributed by atoms with Crippen LogP contribution >= 0.6 is 0 Å². The number of hydrogen-bond donors (Lipinski definition) is 2. The first kappa shape index (κ1) is 20.2. The fourth-order valence-corrected chi connectivity index (χ4v) is 5.18. The minimum Gasteiger partial charge on any atom is -0.361 e. The monoisotopic (exact) mass is 398 g/mol. The van der Waals surface area contributed by atoms with Gasteiger partial charge in [0.1, 0.15) is 0 Å². The summed E-state index contributed by atoms with van der Waals surface area (Å²) in [5, 5.41) is 2.47. The van der Waals surface area contributed by atoms with E-state index >= 15 is 0 Å². The van der Waals surface area contributed by atoms with Crippen LogP contribution in [0.4, 0.5) is 0 Å². The molecule has 154 valence electrons. The molecule has 3 heteroatoms. The predicted molar refractivity (Wildman–Crippen MR) is 125 cm³/mol. The number of H-pyrrole nitrogens is 2. The van der Waals surface area contributed by atoms with E-state index in [9.17, 15) is 4.79 Å². The third-order valence-electron chi connectivity index (χ3n) is 6.53. The molecule has 4 aromatic rings. The van der Waals surface area contributed by atoms with Crippen molar-refractivity contribution in [3.8, 4) is 0 Å². The first-order valence-corrected chi connectivity index (χ1v) is 10.7. The zero-order valence-corrected chi connectivity index (χ0v) is 18.7. The van der Waals surface area contributed by atoms with Crippen LogP contribution in [-0.2, 0) is 6.42 Å². The zero-order chi connectivity index (χ0) is 21.6. The highest BCUT2D eigenvalue weighted by Gasteiger charge is 2.29. The van der Waals surface area contributed by atoms with Crippen LogP contribution in [0.2, 0.25) is 0 Å². The molecule has 2 N–H and O–H groups in total. The second-order valence-corrected chi connectivity index (χ2v) is 8.34. The molecule has 0 aliphatic rings. The number of aromatic nitrogens is 2. The molecule has 0 radical (unpaired) electrons. The molecular formula is C27H30N2O. The van der Waals surface area contributed by atoms with Crippen LogP contribution < -0.4 is 0 Å². The molecule has 0 fully saturated rings. The Morgan fingerprint density at radius 3 is 2.13 bits per heavy atom. The SMILES string of the molecule is CCc1c(C)[nH]c(C(c2[nH]c(C)c(C(C)=O)c2C)c2cccc3ccccc23)c1C. The van der Waals surface area contributed by atoms with Gasteiger partial charge in [-0.25, -0.2) is 0 Å². The summed E-state index contributed by atoms with van der Waals surface area (Å²) < 4.78 is 0. The Morgan fingerprint density at radius 1 is 0.867 bits per heavy atom. The Morgan fingerprint density at radius 2 is 1.50 bits per heavy atom. The molecule has 0 aliphatic heterocycles. The van der Waals surface area contributed by atoms with E-state index in [0.717, 1.165) is 28.9 Å². The molecule has 2 aromatic heterocycles. The van der Waals surface area contributed by atoms with Crippen molar-refractivity contribution in [2.75, 3.05) is 0 Å². The average Bonchev–Trinajstić information content (AvgIpc) is 3.17. The van der Waals surface area contributed by atoms with E-state index in [0.29, 0.717) is 0 Å². The van der Waals surface area contributed by atoms with Gasteiger partial charge in [-0.05, 0) is 74.1 Å². The molecule has 0 aliphatic carbocycles. The lowest BCUT2D eigenvalue weighted by atomic mass is 9.85. The van der Waals surface area contributed by atoms with Crippen LogP contribution in [-0.4, -0.2) is 15.8 Å². The highest BCUT2D eigenvalue weighted by molar-refractivity contribution is 5.97. The van der Waals surface area contributed by atoms with E-state index in [1.807, 2.05) is 6.92 Å². The van der Waals surface area contributed by atoms with Crippen molar-refractivity contribution in [3.05, 3.63) is 93.1 Å². The summed E-state index contributed by atoms with van der Waals surface area (Å²) >= 11 is 0. The number of Topliss-reactive ketones (excluding diaryl/α,β-unsaturated/α-hetero) is 1. The Kier molecular flexibility index (Phi) is 5.15. The van der Waals surface area contributed by atoms with E-state index in [1.54, 1.807) is 6.92 Å². The van der Waals surface area contributed by atoms with Gasteiger partial charge in [0.15, 0.2) is 5.78 Å². The molecule has 0 amide bonds. The molecule has 0 spiro atoms. The summed E-state index contributed by atoms with van der Waals surface area (Å²) in [4.78, 5) is 19.6. The normalized spacial score (nSPS) is 12.5. The van der Waals surface area contributed by atoms with Crippen molar-refractivity contribution in [1.82, 2.24) is 9.97 Å². The molecule has 30 heavy (non-hydrogen) atoms. The molecule has 0 saturated carbocycles. The van der Waals surface area contributed by atoms with E-state index in [4.69, 9.17) is 0 Å². The quantitative estimate of drug-likeness (QED) is 0.362. The number of fused-ring (bicyclic) bond motifs is 1. The molecule has 0 saturated heterocycles. The summed E-state index contributed by atoms with van der Waals surface area (Å²) in [7, 11) is 0. The first-order chi connectivity index (χ1) is 14.3. The van der Waals surface area contributed by atoms with Crippen LogP contribution in [0, 0.1) is 27.7 Å². The van der Waals surface area contributed by atoms with E-state index in [1.165, 1.54) is 38.9 Å². The molecule has 2 heterocycles. The highest BCUT2D eigenvalue weighted by atomic mass is 16.1. The summed E-state index contributed by atoms with van der Waals surface area (Å²) in [6.07, 6.45) is 0.998. The van der Waals surface area contributed by atoms with Crippen LogP contribution in [0.1, 0.15) is 75.2 Å². The molecule has 1 unspecified atom stereocenters. The second-order valence-electron chi connectivity index (χ2n) is 8.34. The van der Waals surface area contributed by atoms with Gasteiger partial charge in [0.05, 0.1) is 5.92 Å². The lowest BCUT2D eigenvalue weighted by Crippen LogP contribution is -2.09. The summed E-state index contributed by atoms with van der Waals surface area (Å²) in [6, 6.07) is 15.0. The van der Waals surface area contributed by atoms with Crippen LogP contribution in [0.3, 0.4) is 0 Å². The number of nitrogens with one attached hydrogen (secondary N) is 2. The van der Waals surface area contributed by atoms with Crippen molar-refractivity contribution >= 4 is 16.6 Å². The Balaban J connectivity index is 2.07. The van der Waals surface area contributed by atoms with Crippen molar-refractivity contribution in [2.24, 2.45) is 0 Å². The Hall–Kier alpha value is -3.07. The largest absolute Gasteiger partial charge is 0.361 e. The number of aromatic amines is 2. The Bertz CT molecular complexity index is 1250. The van der Waals surface area contributed by atoms with Gasteiger partial charge in [0.2, 0.25) is 0 Å². The smallest absolute Gasteiger partial charge is 0.161 e. The summed E-state index contributed by atoms with van der Waals surface area (Å²) in [5.74, 6) is 0.111. The number of aryl methyl sites for hydroxylation is 2. The van der Waals surface area contributed by atoms with Gasteiger partial charge in [0, 0.05) is 28.3 Å². The topological polar surface area (TPSA) is 48.6 Å². The fraction of sp³-hybridized carbons (Fsp3) is 0.296. The maximum absolute atomic E-state index is 12.4. The maximum Gasteiger partial charge on any atom is 0.161 e. The number of carbonyl (C=O) groups excluding carboxylic acids is 1. The number of rotatable bonds is 5. The van der Waals surface area contributed by atoms with Crippen LogP contribution in [0.25, 0.3) is 10.8 Å². The summed E-state index contributed by atoms with van der Waals surface area (Å²) in [6.45, 7) is 12.3. The number of ketones is 1. The van der Waals surface area contributed by atoms with Gasteiger partial charge < -0.3 is 9.97 Å². The van der Waals surface area contributed by atoms with Gasteiger partial charge in [-0.3, -0.25) is 4.79 Å². The molecule has 4 rings (SSSR count). The maximum atomic E-state index is 12.4. The third-order valence-corrected chi connectivity index (χ3v) is 6.53. The average molecular weight is 399 g/mol. The Labute approximate surface area is 178 Å². The van der Waals surface area contributed by atoms with Crippen molar-refractivity contribution < 1.29 is 4.79 Å². The minimum atomic E-state index is 0.00176. The second kappa shape index (κ2) is 7.64. The standard InChI is InChI=1S/C27H30N2O/c1-7-21-15(2)26(28-17(21)4)25(27-16(3)24(19(6)30)18(5)29-27)23-14-10-12-20-11-8-9-13-22(20)23/h8-14,25,28-29H,7H2,1-6H3. The van der Waals surface area contributed by atoms with Gasteiger partial charge in [0.25, 0.3) is 0 Å². The zero-order valence-electron chi connectivity index (χ0n) is 18.7. The molecule has 3 nitrogen and oxygen atoms in total. The van der Waals surface area contributed by atoms with Crippen molar-refractivity contribution in [3.63, 3.8) is 0 Å². The molecule has 0 bridgehead atoms. The lowest BCUT2D eigenvalue weighted by Gasteiger charge is -2.21. The first-order valence-electron chi connectivity index (χ1n) is 10.7. The number of hydrogen-bond acceptors (Lipinski definition) is 1. The summed E-state index contributed by atoms with van der Waals surface area (Å²) in [5.41, 5.74) is 10.3. The fourth-order valence-electron chi connectivity index (χ4n) is 5.18. The van der Waals surface area contributed by atoms with E-state index in [2.05, 4.69) is 80.1 Å². The van der Waals surface area contributed by atoms with Gasteiger partial charge >= 0.3 is 0 Å². The van der Waals surface area contributed by atoms with E-state index in [-0.39, 0.29) is 11.7 Å². The minimum absolute atomic E-state index is 0.00176. The van der Waals surface area contributed by atoms with Crippen LogP contribution in [0.15, 0.2) is 42.5 Å². The molecule has 1 atom stereocenters. The van der Waals surface area contributed by atoms with E-state index < -0.39 is 0 Å². The number of carbonyl (C=O) groups is 1.